The fraction of sp³-hybridized carbons (Fsp3) is 0.364. The van der Waals surface area contributed by atoms with Gasteiger partial charge in [-0.15, -0.1) is 0 Å². The lowest BCUT2D eigenvalue weighted by atomic mass is 10.2. The van der Waals surface area contributed by atoms with E-state index in [-0.39, 0.29) is 12.0 Å². The topological polar surface area (TPSA) is 73.9 Å². The maximum Gasteiger partial charge on any atom is 0.338 e. The number of rotatable bonds is 8. The predicted molar refractivity (Wildman–Crippen MR) is 104 cm³/mol. The van der Waals surface area contributed by atoms with Gasteiger partial charge >= 0.3 is 5.97 Å². The molecule has 1 saturated heterocycles. The van der Waals surface area contributed by atoms with Crippen LogP contribution in [0.15, 0.2) is 54.6 Å². The van der Waals surface area contributed by atoms with E-state index in [2.05, 4.69) is 5.32 Å². The van der Waals surface area contributed by atoms with Gasteiger partial charge in [-0.05, 0) is 49.6 Å². The fourth-order valence-corrected chi connectivity index (χ4v) is 2.86. The van der Waals surface area contributed by atoms with Gasteiger partial charge in [0.05, 0.1) is 11.7 Å². The Morgan fingerprint density at radius 3 is 2.57 bits per heavy atom. The van der Waals surface area contributed by atoms with Crippen molar-refractivity contribution in [3.63, 3.8) is 0 Å². The Balaban J connectivity index is 1.44. The summed E-state index contributed by atoms with van der Waals surface area (Å²) in [5.74, 6) is -0.220. The van der Waals surface area contributed by atoms with Crippen molar-refractivity contribution < 1.29 is 23.8 Å². The zero-order chi connectivity index (χ0) is 19.8. The Hall–Kier alpha value is -2.86. The van der Waals surface area contributed by atoms with Crippen molar-refractivity contribution in [3.05, 3.63) is 65.7 Å². The van der Waals surface area contributed by atoms with Crippen molar-refractivity contribution >= 4 is 11.9 Å². The van der Waals surface area contributed by atoms with Crippen LogP contribution in [0.4, 0.5) is 0 Å². The highest BCUT2D eigenvalue weighted by Gasteiger charge is 2.19. The van der Waals surface area contributed by atoms with Crippen LogP contribution < -0.4 is 10.1 Å². The fourth-order valence-electron chi connectivity index (χ4n) is 2.86. The third-order valence-corrected chi connectivity index (χ3v) is 4.51. The first-order valence-electron chi connectivity index (χ1n) is 9.49. The Bertz CT molecular complexity index is 769. The summed E-state index contributed by atoms with van der Waals surface area (Å²) < 4.78 is 16.4. The number of hydrogen-bond acceptors (Lipinski definition) is 5. The van der Waals surface area contributed by atoms with Gasteiger partial charge in [0.2, 0.25) is 0 Å². The number of amides is 1. The second-order valence-electron chi connectivity index (χ2n) is 6.72. The number of hydrogen-bond donors (Lipinski definition) is 1. The molecule has 0 aliphatic carbocycles. The first-order valence-corrected chi connectivity index (χ1v) is 9.49. The van der Waals surface area contributed by atoms with Gasteiger partial charge in [0.15, 0.2) is 6.10 Å². The average Bonchev–Trinajstić information content (AvgIpc) is 3.25. The van der Waals surface area contributed by atoms with E-state index in [1.54, 1.807) is 31.2 Å². The first-order chi connectivity index (χ1) is 13.6. The normalized spacial score (nSPS) is 17.0. The minimum Gasteiger partial charge on any atom is -0.491 e. The molecule has 0 radical (unpaired) electrons. The van der Waals surface area contributed by atoms with Gasteiger partial charge in [-0.2, -0.15) is 0 Å². The van der Waals surface area contributed by atoms with Crippen LogP contribution in [0.5, 0.6) is 5.75 Å². The molecule has 28 heavy (non-hydrogen) atoms. The molecule has 0 bridgehead atoms. The second-order valence-corrected chi connectivity index (χ2v) is 6.72. The number of carbonyl (C=O) groups excluding carboxylic acids is 2. The number of esters is 1. The van der Waals surface area contributed by atoms with Crippen molar-refractivity contribution in [1.29, 1.82) is 0 Å². The predicted octanol–water partition coefficient (Wildman–Crippen LogP) is 3.11. The molecule has 6 heteroatoms. The second kappa shape index (κ2) is 9.90. The van der Waals surface area contributed by atoms with Gasteiger partial charge in [-0.3, -0.25) is 4.79 Å². The van der Waals surface area contributed by atoms with Crippen molar-refractivity contribution in [2.45, 2.75) is 38.5 Å². The molecule has 0 saturated carbocycles. The standard InChI is InChI=1S/C22H25NO5/c1-16(21(24)23-14-17-6-3-2-4-7-17)28-22(25)18-9-11-19(12-10-18)27-15-20-8-5-13-26-20/h2-4,6-7,9-12,16,20H,5,8,13-15H2,1H3,(H,23,24)/t16-,20+/m0/s1. The van der Waals surface area contributed by atoms with E-state index in [0.29, 0.717) is 24.5 Å². The van der Waals surface area contributed by atoms with E-state index in [0.717, 1.165) is 25.0 Å². The molecule has 2 aromatic rings. The van der Waals surface area contributed by atoms with E-state index in [9.17, 15) is 9.59 Å². The lowest BCUT2D eigenvalue weighted by Gasteiger charge is -2.14. The lowest BCUT2D eigenvalue weighted by Crippen LogP contribution is -2.35. The highest BCUT2D eigenvalue weighted by atomic mass is 16.5. The minimum atomic E-state index is -0.883. The summed E-state index contributed by atoms with van der Waals surface area (Å²) >= 11 is 0. The van der Waals surface area contributed by atoms with E-state index in [4.69, 9.17) is 14.2 Å². The molecule has 148 valence electrons. The zero-order valence-electron chi connectivity index (χ0n) is 15.9. The molecule has 1 aliphatic heterocycles. The largest absolute Gasteiger partial charge is 0.491 e. The van der Waals surface area contributed by atoms with Crippen molar-refractivity contribution in [2.75, 3.05) is 13.2 Å². The lowest BCUT2D eigenvalue weighted by molar-refractivity contribution is -0.129. The Morgan fingerprint density at radius 2 is 1.89 bits per heavy atom. The van der Waals surface area contributed by atoms with Crippen LogP contribution in [-0.4, -0.2) is 37.3 Å². The zero-order valence-corrected chi connectivity index (χ0v) is 15.9. The third-order valence-electron chi connectivity index (χ3n) is 4.51. The maximum atomic E-state index is 12.2. The molecule has 1 fully saturated rings. The molecule has 3 rings (SSSR count). The summed E-state index contributed by atoms with van der Waals surface area (Å²) in [4.78, 5) is 24.4. The summed E-state index contributed by atoms with van der Waals surface area (Å²) in [6, 6.07) is 16.2. The number of benzene rings is 2. The third kappa shape index (κ3) is 5.82. The van der Waals surface area contributed by atoms with Crippen molar-refractivity contribution in [2.24, 2.45) is 0 Å². The van der Waals surface area contributed by atoms with Crippen molar-refractivity contribution in [3.8, 4) is 5.75 Å². The molecule has 0 spiro atoms. The molecule has 0 unspecified atom stereocenters. The SMILES string of the molecule is C[C@H](OC(=O)c1ccc(OC[C@H]2CCCO2)cc1)C(=O)NCc1ccccc1. The van der Waals surface area contributed by atoms with Crippen LogP contribution in [0, 0.1) is 0 Å². The smallest absolute Gasteiger partial charge is 0.338 e. The summed E-state index contributed by atoms with van der Waals surface area (Å²) in [7, 11) is 0. The van der Waals surface area contributed by atoms with Gasteiger partial charge in [0, 0.05) is 13.2 Å². The van der Waals surface area contributed by atoms with Crippen LogP contribution in [0.1, 0.15) is 35.7 Å². The minimum absolute atomic E-state index is 0.139. The van der Waals surface area contributed by atoms with E-state index in [1.807, 2.05) is 30.3 Å². The van der Waals surface area contributed by atoms with E-state index < -0.39 is 12.1 Å². The molecule has 2 aromatic carbocycles. The van der Waals surface area contributed by atoms with E-state index in [1.165, 1.54) is 0 Å². The quantitative estimate of drug-likeness (QED) is 0.709. The molecule has 2 atom stereocenters. The molecule has 0 aromatic heterocycles. The summed E-state index contributed by atoms with van der Waals surface area (Å²) in [6.07, 6.45) is 1.33. The molecule has 1 N–H and O–H groups in total. The summed E-state index contributed by atoms with van der Waals surface area (Å²) in [6.45, 7) is 3.23. The van der Waals surface area contributed by atoms with Crippen LogP contribution in [0.25, 0.3) is 0 Å². The molecule has 1 aliphatic rings. The molecule has 1 heterocycles. The summed E-state index contributed by atoms with van der Waals surface area (Å²) in [5.41, 5.74) is 1.35. The van der Waals surface area contributed by atoms with Gasteiger partial charge in [-0.1, -0.05) is 30.3 Å². The van der Waals surface area contributed by atoms with Crippen molar-refractivity contribution in [1.82, 2.24) is 5.32 Å². The Labute approximate surface area is 164 Å². The van der Waals surface area contributed by atoms with Gasteiger partial charge in [-0.25, -0.2) is 4.79 Å². The number of ether oxygens (including phenoxy) is 3. The molecular formula is C22H25NO5. The summed E-state index contributed by atoms with van der Waals surface area (Å²) in [5, 5.41) is 2.76. The highest BCUT2D eigenvalue weighted by Crippen LogP contribution is 2.17. The van der Waals surface area contributed by atoms with Gasteiger partial charge in [0.25, 0.3) is 5.91 Å². The van der Waals surface area contributed by atoms with Crippen LogP contribution in [0.3, 0.4) is 0 Å². The van der Waals surface area contributed by atoms with Gasteiger partial charge in [0.1, 0.15) is 12.4 Å². The van der Waals surface area contributed by atoms with Crippen LogP contribution in [-0.2, 0) is 20.8 Å². The average molecular weight is 383 g/mol. The Kier molecular flexibility index (Phi) is 7.03. The Morgan fingerprint density at radius 1 is 1.14 bits per heavy atom. The molecular weight excluding hydrogens is 358 g/mol. The van der Waals surface area contributed by atoms with Gasteiger partial charge < -0.3 is 19.5 Å². The maximum absolute atomic E-state index is 12.2. The number of nitrogens with one attached hydrogen (secondary N) is 1. The highest BCUT2D eigenvalue weighted by molar-refractivity contribution is 5.92. The van der Waals surface area contributed by atoms with Crippen LogP contribution in [0.2, 0.25) is 0 Å². The molecule has 6 nitrogen and oxygen atoms in total. The number of carbonyl (C=O) groups is 2. The molecule has 1 amide bonds. The van der Waals surface area contributed by atoms with Crippen LogP contribution >= 0.6 is 0 Å². The first kappa shape index (κ1) is 19.9. The monoisotopic (exact) mass is 383 g/mol. The van der Waals surface area contributed by atoms with E-state index >= 15 is 0 Å².